The van der Waals surface area contributed by atoms with E-state index in [1.165, 1.54) is 6.08 Å². The molecule has 0 fully saturated rings. The average molecular weight is 419 g/mol. The second-order valence-corrected chi connectivity index (χ2v) is 6.76. The van der Waals surface area contributed by atoms with E-state index >= 15 is 0 Å². The number of amides is 1. The molecule has 0 unspecified atom stereocenters. The molecule has 1 heterocycles. The van der Waals surface area contributed by atoms with Crippen LogP contribution in [0.4, 0.5) is 0 Å². The maximum atomic E-state index is 12.5. The highest BCUT2D eigenvalue weighted by molar-refractivity contribution is 5.96. The molecule has 3 aromatic rings. The molecule has 3 rings (SSSR count). The molecular weight excluding hydrogens is 394 g/mol. The van der Waals surface area contributed by atoms with E-state index in [4.69, 9.17) is 19.5 Å². The number of hydrogen-bond donors (Lipinski definition) is 1. The lowest BCUT2D eigenvalue weighted by molar-refractivity contribution is -0.116. The molecule has 0 aliphatic carbocycles. The Morgan fingerprint density at radius 2 is 1.84 bits per heavy atom. The normalized spacial score (nSPS) is 10.8. The first-order chi connectivity index (χ1) is 15.1. The van der Waals surface area contributed by atoms with E-state index in [2.05, 4.69) is 11.4 Å². The van der Waals surface area contributed by atoms with Crippen LogP contribution in [0, 0.1) is 11.3 Å². The summed E-state index contributed by atoms with van der Waals surface area (Å²) < 4.78 is 18.1. The zero-order chi connectivity index (χ0) is 22.2. The van der Waals surface area contributed by atoms with Gasteiger partial charge < -0.3 is 24.1 Å². The molecule has 7 nitrogen and oxygen atoms in total. The Bertz CT molecular complexity index is 1120. The molecule has 0 aliphatic rings. The van der Waals surface area contributed by atoms with Crippen LogP contribution in [0.1, 0.15) is 17.5 Å². The van der Waals surface area contributed by atoms with Crippen LogP contribution >= 0.6 is 0 Å². The fourth-order valence-electron chi connectivity index (χ4n) is 3.42. The summed E-state index contributed by atoms with van der Waals surface area (Å²) in [6, 6.07) is 13.6. The number of rotatable bonds is 9. The number of ether oxygens (including phenoxy) is 3. The molecule has 31 heavy (non-hydrogen) atoms. The van der Waals surface area contributed by atoms with Gasteiger partial charge in [0.15, 0.2) is 0 Å². The summed E-state index contributed by atoms with van der Waals surface area (Å²) in [6.07, 6.45) is 5.66. The molecule has 1 aromatic heterocycles. The number of nitriles is 1. The highest BCUT2D eigenvalue weighted by atomic mass is 16.5. The number of para-hydroxylation sites is 1. The van der Waals surface area contributed by atoms with Crippen molar-refractivity contribution in [2.24, 2.45) is 0 Å². The van der Waals surface area contributed by atoms with Crippen molar-refractivity contribution in [2.75, 3.05) is 21.3 Å². The Hall–Kier alpha value is -3.92. The van der Waals surface area contributed by atoms with Gasteiger partial charge in [-0.05, 0) is 12.1 Å². The minimum Gasteiger partial charge on any atom is -0.496 e. The number of nitrogens with one attached hydrogen (secondary N) is 1. The summed E-state index contributed by atoms with van der Waals surface area (Å²) in [7, 11) is 4.68. The van der Waals surface area contributed by atoms with Crippen molar-refractivity contribution in [1.29, 1.82) is 5.26 Å². The van der Waals surface area contributed by atoms with Crippen LogP contribution in [0.15, 0.2) is 48.7 Å². The third kappa shape index (κ3) is 4.98. The number of carbonyl (C=O) groups excluding carboxylic acids is 1. The van der Waals surface area contributed by atoms with E-state index in [9.17, 15) is 4.79 Å². The largest absolute Gasteiger partial charge is 0.496 e. The number of fused-ring (bicyclic) bond motifs is 1. The third-order valence-electron chi connectivity index (χ3n) is 4.95. The van der Waals surface area contributed by atoms with Crippen molar-refractivity contribution in [1.82, 2.24) is 9.88 Å². The summed E-state index contributed by atoms with van der Waals surface area (Å²) in [6.45, 7) is 0.845. The quantitative estimate of drug-likeness (QED) is 0.532. The van der Waals surface area contributed by atoms with Crippen molar-refractivity contribution in [2.45, 2.75) is 19.5 Å². The number of hydrogen-bond acceptors (Lipinski definition) is 5. The van der Waals surface area contributed by atoms with Crippen molar-refractivity contribution in [3.63, 3.8) is 0 Å². The van der Waals surface area contributed by atoms with E-state index in [0.29, 0.717) is 30.2 Å². The number of aryl methyl sites for hydroxylation is 1. The highest BCUT2D eigenvalue weighted by Gasteiger charge is 2.14. The monoisotopic (exact) mass is 419 g/mol. The summed E-state index contributed by atoms with van der Waals surface area (Å²) in [4.78, 5) is 12.5. The number of carbonyl (C=O) groups is 1. The Morgan fingerprint density at radius 1 is 1.13 bits per heavy atom. The van der Waals surface area contributed by atoms with E-state index in [-0.39, 0.29) is 12.5 Å². The number of methoxy groups -OCH3 is 3. The van der Waals surface area contributed by atoms with Crippen molar-refractivity contribution in [3.05, 3.63) is 59.8 Å². The number of aromatic nitrogens is 1. The van der Waals surface area contributed by atoms with Crippen LogP contribution in [0.3, 0.4) is 0 Å². The van der Waals surface area contributed by atoms with Crippen LogP contribution in [0.2, 0.25) is 0 Å². The van der Waals surface area contributed by atoms with Crippen LogP contribution in [0.25, 0.3) is 17.0 Å². The van der Waals surface area contributed by atoms with E-state index in [1.807, 2.05) is 35.0 Å². The maximum Gasteiger partial charge on any atom is 0.244 e. The molecule has 0 saturated carbocycles. The lowest BCUT2D eigenvalue weighted by Crippen LogP contribution is -2.21. The lowest BCUT2D eigenvalue weighted by atomic mass is 10.1. The zero-order valence-electron chi connectivity index (χ0n) is 17.8. The zero-order valence-corrected chi connectivity index (χ0v) is 17.8. The molecule has 0 spiro atoms. The van der Waals surface area contributed by atoms with Crippen molar-refractivity contribution in [3.8, 4) is 23.3 Å². The van der Waals surface area contributed by atoms with Gasteiger partial charge in [-0.15, -0.1) is 0 Å². The molecule has 7 heteroatoms. The Morgan fingerprint density at radius 3 is 2.48 bits per heavy atom. The lowest BCUT2D eigenvalue weighted by Gasteiger charge is -2.15. The van der Waals surface area contributed by atoms with E-state index < -0.39 is 0 Å². The second-order valence-electron chi connectivity index (χ2n) is 6.76. The minimum atomic E-state index is -0.242. The van der Waals surface area contributed by atoms with Crippen molar-refractivity contribution < 1.29 is 19.0 Å². The molecule has 0 radical (unpaired) electrons. The number of benzene rings is 2. The van der Waals surface area contributed by atoms with Crippen LogP contribution in [-0.2, 0) is 17.9 Å². The predicted molar refractivity (Wildman–Crippen MR) is 119 cm³/mol. The molecular formula is C24H25N3O4. The van der Waals surface area contributed by atoms with Crippen LogP contribution in [0.5, 0.6) is 17.2 Å². The first kappa shape index (κ1) is 21.8. The third-order valence-corrected chi connectivity index (χ3v) is 4.95. The van der Waals surface area contributed by atoms with Gasteiger partial charge >= 0.3 is 0 Å². The average Bonchev–Trinajstić information content (AvgIpc) is 3.17. The molecule has 0 aliphatic heterocycles. The van der Waals surface area contributed by atoms with E-state index in [1.54, 1.807) is 39.5 Å². The van der Waals surface area contributed by atoms with Crippen LogP contribution in [-0.4, -0.2) is 31.8 Å². The summed E-state index contributed by atoms with van der Waals surface area (Å²) >= 11 is 0. The molecule has 0 bridgehead atoms. The molecule has 1 N–H and O–H groups in total. The molecule has 0 atom stereocenters. The van der Waals surface area contributed by atoms with Gasteiger partial charge in [0.05, 0.1) is 45.9 Å². The molecule has 160 valence electrons. The van der Waals surface area contributed by atoms with Gasteiger partial charge in [0.25, 0.3) is 0 Å². The first-order valence-corrected chi connectivity index (χ1v) is 9.80. The highest BCUT2D eigenvalue weighted by Crippen LogP contribution is 2.33. The topological polar surface area (TPSA) is 85.5 Å². The smallest absolute Gasteiger partial charge is 0.244 e. The Kier molecular flexibility index (Phi) is 7.17. The van der Waals surface area contributed by atoms with Gasteiger partial charge in [-0.3, -0.25) is 4.79 Å². The predicted octanol–water partition coefficient (Wildman–Crippen LogP) is 3.91. The molecule has 2 aromatic carbocycles. The van der Waals surface area contributed by atoms with Gasteiger partial charge in [0.2, 0.25) is 5.91 Å². The van der Waals surface area contributed by atoms with Gasteiger partial charge in [-0.25, -0.2) is 0 Å². The van der Waals surface area contributed by atoms with Gasteiger partial charge in [0.1, 0.15) is 17.2 Å². The minimum absolute atomic E-state index is 0.240. The standard InChI is InChI=1S/C24H25N3O4/c1-29-18-13-22(30-2)20(23(14-18)31-3)15-26-24(28)10-9-17-16-27(12-6-11-25)21-8-5-4-7-19(17)21/h4-5,7-10,13-14,16H,6,12,15H2,1-3H3,(H,26,28). The summed E-state index contributed by atoms with van der Waals surface area (Å²) in [5.41, 5.74) is 2.68. The Balaban J connectivity index is 1.76. The Labute approximate surface area is 181 Å². The first-order valence-electron chi connectivity index (χ1n) is 9.80. The SMILES string of the molecule is COc1cc(OC)c(CNC(=O)C=Cc2cn(CCC#N)c3ccccc23)c(OC)c1. The molecule has 1 amide bonds. The molecule has 0 saturated heterocycles. The fraction of sp³-hybridized carbons (Fsp3) is 0.250. The van der Waals surface area contributed by atoms with E-state index in [0.717, 1.165) is 22.0 Å². The van der Waals surface area contributed by atoms with Gasteiger partial charge in [-0.1, -0.05) is 18.2 Å². The summed E-state index contributed by atoms with van der Waals surface area (Å²) in [5.74, 6) is 1.51. The van der Waals surface area contributed by atoms with Gasteiger partial charge in [0, 0.05) is 47.4 Å². The summed E-state index contributed by atoms with van der Waals surface area (Å²) in [5, 5.41) is 12.8. The second kappa shape index (κ2) is 10.2. The number of nitrogens with zero attached hydrogens (tertiary/aromatic N) is 2. The van der Waals surface area contributed by atoms with Crippen molar-refractivity contribution >= 4 is 22.9 Å². The fourth-order valence-corrected chi connectivity index (χ4v) is 3.42. The van der Waals surface area contributed by atoms with Gasteiger partial charge in [-0.2, -0.15) is 5.26 Å². The van der Waals surface area contributed by atoms with Crippen LogP contribution < -0.4 is 19.5 Å². The maximum absolute atomic E-state index is 12.5.